The first-order chi connectivity index (χ1) is 8.83. The number of amides is 1. The fourth-order valence-corrected chi connectivity index (χ4v) is 2.44. The number of carbonyl (C=O) groups excluding carboxylic acids is 1. The zero-order valence-corrected chi connectivity index (χ0v) is 11.3. The lowest BCUT2D eigenvalue weighted by molar-refractivity contribution is 0.0987. The van der Waals surface area contributed by atoms with Gasteiger partial charge in [-0.3, -0.25) is 4.79 Å². The molecule has 0 aliphatic heterocycles. The van der Waals surface area contributed by atoms with Crippen molar-refractivity contribution in [2.24, 2.45) is 0 Å². The molecule has 1 aromatic carbocycles. The molecule has 18 heavy (non-hydrogen) atoms. The Morgan fingerprint density at radius 1 is 1.22 bits per heavy atom. The minimum absolute atomic E-state index is 0.0934. The Labute approximate surface area is 112 Å². The number of hydrogen-bond donors (Lipinski definition) is 0. The van der Waals surface area contributed by atoms with Gasteiger partial charge in [0.1, 0.15) is 0 Å². The third-order valence-corrected chi connectivity index (χ3v) is 3.50. The van der Waals surface area contributed by atoms with Crippen LogP contribution in [0.15, 0.2) is 47.2 Å². The number of carbonyl (C=O) groups is 1. The van der Waals surface area contributed by atoms with E-state index in [9.17, 15) is 4.79 Å². The Balaban J connectivity index is 2.23. The van der Waals surface area contributed by atoms with Crippen LogP contribution in [-0.2, 0) is 0 Å². The third kappa shape index (κ3) is 2.99. The summed E-state index contributed by atoms with van der Waals surface area (Å²) in [7, 11) is 0. The molecule has 0 spiro atoms. The van der Waals surface area contributed by atoms with E-state index in [0.29, 0.717) is 0 Å². The van der Waals surface area contributed by atoms with Gasteiger partial charge in [-0.2, -0.15) is 11.3 Å². The molecule has 0 aliphatic carbocycles. The summed E-state index contributed by atoms with van der Waals surface area (Å²) in [5.74, 6) is 0.0934. The normalized spacial score (nSPS) is 10.3. The fourth-order valence-electron chi connectivity index (χ4n) is 1.81. The van der Waals surface area contributed by atoms with Crippen molar-refractivity contribution < 1.29 is 4.79 Å². The van der Waals surface area contributed by atoms with Crippen LogP contribution in [0, 0.1) is 0 Å². The Kier molecular flexibility index (Phi) is 4.53. The number of nitrogens with zero attached hydrogens (tertiary/aromatic N) is 1. The van der Waals surface area contributed by atoms with Crippen LogP contribution in [0.25, 0.3) is 0 Å². The SMILES string of the molecule is CCCCN(C(=O)c1ccsc1)c1ccccc1. The zero-order chi connectivity index (χ0) is 12.8. The summed E-state index contributed by atoms with van der Waals surface area (Å²) in [5, 5.41) is 3.85. The van der Waals surface area contributed by atoms with E-state index in [0.717, 1.165) is 30.6 Å². The maximum atomic E-state index is 12.4. The third-order valence-electron chi connectivity index (χ3n) is 2.82. The molecule has 0 radical (unpaired) electrons. The highest BCUT2D eigenvalue weighted by atomic mass is 32.1. The van der Waals surface area contributed by atoms with Gasteiger partial charge in [-0.05, 0) is 30.0 Å². The summed E-state index contributed by atoms with van der Waals surface area (Å²) in [6, 6.07) is 11.8. The minimum atomic E-state index is 0.0934. The summed E-state index contributed by atoms with van der Waals surface area (Å²) in [4.78, 5) is 14.3. The monoisotopic (exact) mass is 259 g/mol. The van der Waals surface area contributed by atoms with Crippen LogP contribution < -0.4 is 4.90 Å². The predicted molar refractivity (Wildman–Crippen MR) is 77.3 cm³/mol. The molecule has 2 rings (SSSR count). The van der Waals surface area contributed by atoms with Gasteiger partial charge in [-0.15, -0.1) is 0 Å². The number of hydrogen-bond acceptors (Lipinski definition) is 2. The van der Waals surface area contributed by atoms with E-state index in [1.165, 1.54) is 0 Å². The van der Waals surface area contributed by atoms with Gasteiger partial charge in [-0.25, -0.2) is 0 Å². The molecular formula is C15H17NOS. The fraction of sp³-hybridized carbons (Fsp3) is 0.267. The summed E-state index contributed by atoms with van der Waals surface area (Å²) < 4.78 is 0. The van der Waals surface area contributed by atoms with Gasteiger partial charge in [0.15, 0.2) is 0 Å². The Morgan fingerprint density at radius 3 is 2.61 bits per heavy atom. The van der Waals surface area contributed by atoms with Crippen LogP contribution in [0.1, 0.15) is 30.1 Å². The molecule has 3 heteroatoms. The van der Waals surface area contributed by atoms with Crippen LogP contribution in [0.3, 0.4) is 0 Å². The van der Waals surface area contributed by atoms with Gasteiger partial charge < -0.3 is 4.90 Å². The Hall–Kier alpha value is -1.61. The molecule has 0 bridgehead atoms. The van der Waals surface area contributed by atoms with Gasteiger partial charge in [0.05, 0.1) is 5.56 Å². The van der Waals surface area contributed by atoms with Crippen LogP contribution in [0.2, 0.25) is 0 Å². The van der Waals surface area contributed by atoms with E-state index in [1.54, 1.807) is 11.3 Å². The molecule has 2 aromatic rings. The van der Waals surface area contributed by atoms with Crippen molar-refractivity contribution >= 4 is 22.9 Å². The number of anilines is 1. The molecule has 1 amide bonds. The first-order valence-corrected chi connectivity index (χ1v) is 7.16. The number of thiophene rings is 1. The number of rotatable bonds is 5. The molecule has 0 fully saturated rings. The predicted octanol–water partition coefficient (Wildman–Crippen LogP) is 4.20. The molecule has 2 nitrogen and oxygen atoms in total. The molecule has 0 aliphatic rings. The number of unbranched alkanes of at least 4 members (excludes halogenated alkanes) is 1. The molecule has 1 aromatic heterocycles. The van der Waals surface area contributed by atoms with Crippen LogP contribution in [0.4, 0.5) is 5.69 Å². The van der Waals surface area contributed by atoms with Gasteiger partial charge in [0.25, 0.3) is 5.91 Å². The maximum Gasteiger partial charge on any atom is 0.259 e. The van der Waals surface area contributed by atoms with E-state index in [4.69, 9.17) is 0 Å². The van der Waals surface area contributed by atoms with Crippen LogP contribution >= 0.6 is 11.3 Å². The number of para-hydroxylation sites is 1. The molecular weight excluding hydrogens is 242 g/mol. The highest BCUT2D eigenvalue weighted by Crippen LogP contribution is 2.18. The average Bonchev–Trinajstić information content (AvgIpc) is 2.94. The topological polar surface area (TPSA) is 20.3 Å². The summed E-state index contributed by atoms with van der Waals surface area (Å²) in [6.07, 6.45) is 2.10. The largest absolute Gasteiger partial charge is 0.308 e. The van der Waals surface area contributed by atoms with Crippen molar-refractivity contribution in [3.05, 3.63) is 52.7 Å². The van der Waals surface area contributed by atoms with Gasteiger partial charge >= 0.3 is 0 Å². The molecule has 0 saturated heterocycles. The lowest BCUT2D eigenvalue weighted by Crippen LogP contribution is -2.31. The van der Waals surface area contributed by atoms with E-state index < -0.39 is 0 Å². The van der Waals surface area contributed by atoms with Crippen molar-refractivity contribution in [1.82, 2.24) is 0 Å². The molecule has 0 unspecified atom stereocenters. The molecule has 0 N–H and O–H groups in total. The standard InChI is InChI=1S/C15H17NOS/c1-2-3-10-16(14-7-5-4-6-8-14)15(17)13-9-11-18-12-13/h4-9,11-12H,2-3,10H2,1H3. The minimum Gasteiger partial charge on any atom is -0.308 e. The number of benzene rings is 1. The van der Waals surface area contributed by atoms with E-state index in [-0.39, 0.29) is 5.91 Å². The van der Waals surface area contributed by atoms with Crippen molar-refractivity contribution in [2.75, 3.05) is 11.4 Å². The summed E-state index contributed by atoms with van der Waals surface area (Å²) in [6.45, 7) is 2.91. The second-order valence-electron chi connectivity index (χ2n) is 4.16. The lowest BCUT2D eigenvalue weighted by Gasteiger charge is -2.22. The van der Waals surface area contributed by atoms with Crippen LogP contribution in [-0.4, -0.2) is 12.5 Å². The highest BCUT2D eigenvalue weighted by Gasteiger charge is 2.16. The maximum absolute atomic E-state index is 12.4. The zero-order valence-electron chi connectivity index (χ0n) is 10.5. The molecule has 94 valence electrons. The molecule has 1 heterocycles. The molecule has 0 saturated carbocycles. The summed E-state index contributed by atoms with van der Waals surface area (Å²) in [5.41, 5.74) is 1.75. The Morgan fingerprint density at radius 2 is 2.00 bits per heavy atom. The lowest BCUT2D eigenvalue weighted by atomic mass is 10.2. The van der Waals surface area contributed by atoms with E-state index >= 15 is 0 Å². The highest BCUT2D eigenvalue weighted by molar-refractivity contribution is 7.08. The smallest absolute Gasteiger partial charge is 0.259 e. The molecule has 0 atom stereocenters. The van der Waals surface area contributed by atoms with Crippen molar-refractivity contribution in [1.29, 1.82) is 0 Å². The van der Waals surface area contributed by atoms with E-state index in [2.05, 4.69) is 6.92 Å². The first-order valence-electron chi connectivity index (χ1n) is 6.22. The second-order valence-corrected chi connectivity index (χ2v) is 4.94. The second kappa shape index (κ2) is 6.36. The summed E-state index contributed by atoms with van der Waals surface area (Å²) >= 11 is 1.56. The van der Waals surface area contributed by atoms with Gasteiger partial charge in [0.2, 0.25) is 0 Å². The van der Waals surface area contributed by atoms with Gasteiger partial charge in [0, 0.05) is 17.6 Å². The first kappa shape index (κ1) is 12.8. The average molecular weight is 259 g/mol. The van der Waals surface area contributed by atoms with Crippen LogP contribution in [0.5, 0.6) is 0 Å². The van der Waals surface area contributed by atoms with Crippen molar-refractivity contribution in [3.8, 4) is 0 Å². The van der Waals surface area contributed by atoms with Crippen molar-refractivity contribution in [2.45, 2.75) is 19.8 Å². The van der Waals surface area contributed by atoms with Gasteiger partial charge in [-0.1, -0.05) is 31.5 Å². The Bertz CT molecular complexity index is 478. The van der Waals surface area contributed by atoms with Crippen molar-refractivity contribution in [3.63, 3.8) is 0 Å². The quantitative estimate of drug-likeness (QED) is 0.788. The van der Waals surface area contributed by atoms with E-state index in [1.807, 2.05) is 52.1 Å².